The lowest BCUT2D eigenvalue weighted by Crippen LogP contribution is -2.16. The molecule has 0 aliphatic rings. The predicted octanol–water partition coefficient (Wildman–Crippen LogP) is 4.02. The molecule has 2 heteroatoms. The van der Waals surface area contributed by atoms with Crippen LogP contribution in [-0.4, -0.2) is 11.6 Å². The van der Waals surface area contributed by atoms with Gasteiger partial charge in [0.2, 0.25) is 0 Å². The van der Waals surface area contributed by atoms with Crippen LogP contribution in [0.4, 0.5) is 0 Å². The van der Waals surface area contributed by atoms with Gasteiger partial charge in [0, 0.05) is 24.3 Å². The fraction of sp³-hybridized carbons (Fsp3) is 0.222. The number of carbonyl (C=O) groups excluding carboxylic acids is 2. The van der Waals surface area contributed by atoms with E-state index in [4.69, 9.17) is 0 Å². The molecule has 2 nitrogen and oxygen atoms in total. The number of rotatable bonds is 6. The molecule has 0 saturated heterocycles. The maximum absolute atomic E-state index is 12.3. The molecule has 0 N–H and O–H groups in total. The summed E-state index contributed by atoms with van der Waals surface area (Å²) in [5.74, 6) is -0.212. The molecule has 0 radical (unpaired) electrons. The molecule has 2 aromatic rings. The van der Waals surface area contributed by atoms with E-state index in [1.54, 1.807) is 12.1 Å². The van der Waals surface area contributed by atoms with Crippen molar-refractivity contribution >= 4 is 11.6 Å². The highest BCUT2D eigenvalue weighted by molar-refractivity contribution is 6.00. The van der Waals surface area contributed by atoms with E-state index >= 15 is 0 Å². The van der Waals surface area contributed by atoms with Gasteiger partial charge >= 0.3 is 0 Å². The Morgan fingerprint density at radius 2 is 1.45 bits per heavy atom. The number of Topliss-reactive ketones (excluding diaryl/α,β-unsaturated/α-hetero) is 2. The molecule has 0 spiro atoms. The van der Waals surface area contributed by atoms with Crippen molar-refractivity contribution in [1.82, 2.24) is 0 Å². The maximum Gasteiger partial charge on any atom is 0.163 e. The van der Waals surface area contributed by atoms with Crippen molar-refractivity contribution in [3.8, 4) is 0 Å². The van der Waals surface area contributed by atoms with Gasteiger partial charge in [-0.25, -0.2) is 0 Å². The smallest absolute Gasteiger partial charge is 0.163 e. The number of carbonyl (C=O) groups is 2. The Kier molecular flexibility index (Phi) is 4.83. The summed E-state index contributed by atoms with van der Waals surface area (Å²) in [4.78, 5) is 24.4. The van der Waals surface area contributed by atoms with E-state index < -0.39 is 0 Å². The SMILES string of the molecule is CCC(=O)C(CC(=O)c1ccccc1)c1ccccc1. The van der Waals surface area contributed by atoms with Crippen LogP contribution in [0.15, 0.2) is 60.7 Å². The van der Waals surface area contributed by atoms with Gasteiger partial charge in [-0.15, -0.1) is 0 Å². The molecule has 2 aromatic carbocycles. The molecule has 1 unspecified atom stereocenters. The fourth-order valence-corrected chi connectivity index (χ4v) is 2.28. The van der Waals surface area contributed by atoms with E-state index in [2.05, 4.69) is 0 Å². The molecular formula is C18H18O2. The minimum absolute atomic E-state index is 0.0150. The third-order valence-corrected chi connectivity index (χ3v) is 3.42. The topological polar surface area (TPSA) is 34.1 Å². The third-order valence-electron chi connectivity index (χ3n) is 3.42. The summed E-state index contributed by atoms with van der Waals surface area (Å²) in [5, 5.41) is 0. The fourth-order valence-electron chi connectivity index (χ4n) is 2.28. The summed E-state index contributed by atoms with van der Waals surface area (Å²) in [6, 6.07) is 18.7. The summed E-state index contributed by atoms with van der Waals surface area (Å²) in [5.41, 5.74) is 1.58. The van der Waals surface area contributed by atoms with E-state index in [1.807, 2.05) is 55.5 Å². The van der Waals surface area contributed by atoms with E-state index in [0.29, 0.717) is 12.0 Å². The molecule has 0 aliphatic heterocycles. The van der Waals surface area contributed by atoms with Crippen LogP contribution in [0, 0.1) is 0 Å². The molecule has 1 atom stereocenters. The van der Waals surface area contributed by atoms with Gasteiger partial charge in [-0.05, 0) is 5.56 Å². The van der Waals surface area contributed by atoms with Gasteiger partial charge in [-0.2, -0.15) is 0 Å². The Bertz CT molecular complexity index is 573. The first-order chi connectivity index (χ1) is 9.72. The molecule has 2 rings (SSSR count). The zero-order chi connectivity index (χ0) is 14.4. The van der Waals surface area contributed by atoms with Crippen LogP contribution in [0.25, 0.3) is 0 Å². The second-order valence-corrected chi connectivity index (χ2v) is 4.78. The molecule has 20 heavy (non-hydrogen) atoms. The standard InChI is InChI=1S/C18H18O2/c1-2-17(19)16(14-9-5-3-6-10-14)13-18(20)15-11-7-4-8-12-15/h3-12,16H,2,13H2,1H3. The van der Waals surface area contributed by atoms with Gasteiger partial charge in [-0.1, -0.05) is 67.6 Å². The van der Waals surface area contributed by atoms with E-state index in [-0.39, 0.29) is 23.9 Å². The van der Waals surface area contributed by atoms with E-state index in [1.165, 1.54) is 0 Å². The summed E-state index contributed by atoms with van der Waals surface area (Å²) in [7, 11) is 0. The third kappa shape index (κ3) is 3.41. The lowest BCUT2D eigenvalue weighted by molar-refractivity contribution is -0.120. The van der Waals surface area contributed by atoms with Crippen LogP contribution in [0.1, 0.15) is 41.6 Å². The van der Waals surface area contributed by atoms with E-state index in [9.17, 15) is 9.59 Å². The molecular weight excluding hydrogens is 248 g/mol. The summed E-state index contributed by atoms with van der Waals surface area (Å²) < 4.78 is 0. The normalized spacial score (nSPS) is 11.8. The van der Waals surface area contributed by atoms with Gasteiger partial charge in [0.25, 0.3) is 0 Å². The van der Waals surface area contributed by atoms with Crippen molar-refractivity contribution in [3.63, 3.8) is 0 Å². The monoisotopic (exact) mass is 266 g/mol. The van der Waals surface area contributed by atoms with Gasteiger partial charge in [0.05, 0.1) is 0 Å². The average Bonchev–Trinajstić information content (AvgIpc) is 2.53. The molecule has 102 valence electrons. The number of ketones is 2. The van der Waals surface area contributed by atoms with Gasteiger partial charge in [0.1, 0.15) is 5.78 Å². The molecule has 0 fully saturated rings. The first kappa shape index (κ1) is 14.2. The number of hydrogen-bond acceptors (Lipinski definition) is 2. The molecule has 0 bridgehead atoms. The second kappa shape index (κ2) is 6.80. The quantitative estimate of drug-likeness (QED) is 0.740. The zero-order valence-corrected chi connectivity index (χ0v) is 11.6. The maximum atomic E-state index is 12.3. The Morgan fingerprint density at radius 1 is 0.900 bits per heavy atom. The summed E-state index contributed by atoms with van der Waals surface area (Å²) in [6.45, 7) is 1.84. The average molecular weight is 266 g/mol. The van der Waals surface area contributed by atoms with Crippen molar-refractivity contribution in [1.29, 1.82) is 0 Å². The van der Waals surface area contributed by atoms with Crippen molar-refractivity contribution in [3.05, 3.63) is 71.8 Å². The van der Waals surface area contributed by atoms with Crippen molar-refractivity contribution in [2.75, 3.05) is 0 Å². The largest absolute Gasteiger partial charge is 0.299 e. The summed E-state index contributed by atoms with van der Waals surface area (Å²) in [6.07, 6.45) is 0.683. The highest BCUT2D eigenvalue weighted by Crippen LogP contribution is 2.24. The predicted molar refractivity (Wildman–Crippen MR) is 79.9 cm³/mol. The zero-order valence-electron chi connectivity index (χ0n) is 11.6. The van der Waals surface area contributed by atoms with Crippen LogP contribution in [0.3, 0.4) is 0 Å². The van der Waals surface area contributed by atoms with Crippen LogP contribution >= 0.6 is 0 Å². The second-order valence-electron chi connectivity index (χ2n) is 4.78. The van der Waals surface area contributed by atoms with E-state index in [0.717, 1.165) is 5.56 Å². The minimum atomic E-state index is -0.339. The minimum Gasteiger partial charge on any atom is -0.299 e. The lowest BCUT2D eigenvalue weighted by Gasteiger charge is -2.14. The van der Waals surface area contributed by atoms with Crippen molar-refractivity contribution in [2.45, 2.75) is 25.7 Å². The molecule has 0 amide bonds. The van der Waals surface area contributed by atoms with Gasteiger partial charge < -0.3 is 0 Å². The molecule has 0 aromatic heterocycles. The van der Waals surface area contributed by atoms with Crippen LogP contribution in [0.5, 0.6) is 0 Å². The first-order valence-electron chi connectivity index (χ1n) is 6.88. The van der Waals surface area contributed by atoms with Crippen LogP contribution in [-0.2, 0) is 4.79 Å². The first-order valence-corrected chi connectivity index (χ1v) is 6.88. The van der Waals surface area contributed by atoms with Crippen molar-refractivity contribution < 1.29 is 9.59 Å². The highest BCUT2D eigenvalue weighted by atomic mass is 16.1. The molecule has 0 heterocycles. The number of benzene rings is 2. The van der Waals surface area contributed by atoms with Crippen LogP contribution in [0.2, 0.25) is 0 Å². The Morgan fingerprint density at radius 3 is 2.00 bits per heavy atom. The highest BCUT2D eigenvalue weighted by Gasteiger charge is 2.22. The molecule has 0 aliphatic carbocycles. The Balaban J connectivity index is 2.21. The number of hydrogen-bond donors (Lipinski definition) is 0. The van der Waals surface area contributed by atoms with Crippen LogP contribution < -0.4 is 0 Å². The van der Waals surface area contributed by atoms with Gasteiger partial charge in [-0.3, -0.25) is 9.59 Å². The lowest BCUT2D eigenvalue weighted by atomic mass is 9.87. The van der Waals surface area contributed by atoms with Gasteiger partial charge in [0.15, 0.2) is 5.78 Å². The Hall–Kier alpha value is -2.22. The molecule has 0 saturated carbocycles. The van der Waals surface area contributed by atoms with Crippen molar-refractivity contribution in [2.24, 2.45) is 0 Å². The Labute approximate surface area is 119 Å². The summed E-state index contributed by atoms with van der Waals surface area (Å²) >= 11 is 0.